The fourth-order valence-corrected chi connectivity index (χ4v) is 4.91. The predicted molar refractivity (Wildman–Crippen MR) is 102 cm³/mol. The SMILES string of the molecule is NC(=O)C1C2CN(C(=O)[C@H]3CCOC3)CC2CN1CC[CH]c1ccccc1. The van der Waals surface area contributed by atoms with Crippen LogP contribution in [0.15, 0.2) is 30.3 Å². The number of hydrogen-bond acceptors (Lipinski definition) is 4. The summed E-state index contributed by atoms with van der Waals surface area (Å²) in [5, 5.41) is 0. The largest absolute Gasteiger partial charge is 0.381 e. The Hall–Kier alpha value is -1.92. The first kappa shape index (κ1) is 18.4. The number of amides is 2. The van der Waals surface area contributed by atoms with E-state index in [-0.39, 0.29) is 29.7 Å². The Bertz CT molecular complexity index is 675. The molecule has 3 fully saturated rings. The molecule has 1 radical (unpaired) electrons. The zero-order chi connectivity index (χ0) is 18.8. The van der Waals surface area contributed by atoms with E-state index in [1.165, 1.54) is 5.56 Å². The van der Waals surface area contributed by atoms with Gasteiger partial charge in [0, 0.05) is 32.2 Å². The minimum absolute atomic E-state index is 0.00701. The standard InChI is InChI=1S/C21H28N3O3/c22-20(25)19-18-13-24(21(26)16-8-10-27-14-16)12-17(18)11-23(19)9-4-7-15-5-2-1-3-6-15/h1-3,5-7,16-19H,4,8-14H2,(H2,22,25)/t16-,17?,18?,19?/m0/s1. The van der Waals surface area contributed by atoms with Crippen molar-refractivity contribution in [1.29, 1.82) is 0 Å². The van der Waals surface area contributed by atoms with E-state index in [9.17, 15) is 9.59 Å². The van der Waals surface area contributed by atoms with Crippen LogP contribution in [0.2, 0.25) is 0 Å². The molecule has 1 aromatic carbocycles. The number of hydrogen-bond donors (Lipinski definition) is 1. The molecule has 3 unspecified atom stereocenters. The molecule has 27 heavy (non-hydrogen) atoms. The highest BCUT2D eigenvalue weighted by atomic mass is 16.5. The Morgan fingerprint density at radius 2 is 2.00 bits per heavy atom. The molecule has 3 aliphatic heterocycles. The number of nitrogens with two attached hydrogens (primary N) is 1. The number of nitrogens with zero attached hydrogens (tertiary/aromatic N) is 2. The van der Waals surface area contributed by atoms with Gasteiger partial charge in [-0.1, -0.05) is 30.3 Å². The molecule has 3 aliphatic rings. The third kappa shape index (κ3) is 3.87. The van der Waals surface area contributed by atoms with Gasteiger partial charge in [-0.05, 0) is 37.3 Å². The number of rotatable bonds is 6. The highest BCUT2D eigenvalue weighted by Gasteiger charge is 2.50. The van der Waals surface area contributed by atoms with Gasteiger partial charge < -0.3 is 15.4 Å². The first-order valence-electron chi connectivity index (χ1n) is 9.91. The predicted octanol–water partition coefficient (Wildman–Crippen LogP) is 0.910. The quantitative estimate of drug-likeness (QED) is 0.808. The Morgan fingerprint density at radius 1 is 1.19 bits per heavy atom. The van der Waals surface area contributed by atoms with Crippen LogP contribution in [-0.4, -0.2) is 67.0 Å². The minimum Gasteiger partial charge on any atom is -0.381 e. The second-order valence-corrected chi connectivity index (χ2v) is 7.97. The maximum absolute atomic E-state index is 12.7. The molecular weight excluding hydrogens is 342 g/mol. The number of carbonyl (C=O) groups is 2. The second-order valence-electron chi connectivity index (χ2n) is 7.97. The van der Waals surface area contributed by atoms with Gasteiger partial charge >= 0.3 is 0 Å². The molecule has 0 aromatic heterocycles. The summed E-state index contributed by atoms with van der Waals surface area (Å²) in [5.74, 6) is 0.415. The van der Waals surface area contributed by atoms with E-state index in [4.69, 9.17) is 10.5 Å². The minimum atomic E-state index is -0.267. The second kappa shape index (κ2) is 7.98. The van der Waals surface area contributed by atoms with Crippen molar-refractivity contribution in [1.82, 2.24) is 9.80 Å². The van der Waals surface area contributed by atoms with E-state index in [0.717, 1.165) is 32.5 Å². The van der Waals surface area contributed by atoms with Crippen molar-refractivity contribution in [3.8, 4) is 0 Å². The van der Waals surface area contributed by atoms with Gasteiger partial charge in [0.1, 0.15) is 0 Å². The first-order chi connectivity index (χ1) is 13.1. The average Bonchev–Trinajstić information content (AvgIpc) is 3.37. The van der Waals surface area contributed by atoms with Crippen LogP contribution < -0.4 is 5.73 Å². The molecule has 6 heteroatoms. The lowest BCUT2D eigenvalue weighted by atomic mass is 9.94. The van der Waals surface area contributed by atoms with Crippen LogP contribution in [0.5, 0.6) is 0 Å². The van der Waals surface area contributed by atoms with E-state index < -0.39 is 0 Å². The normalized spacial score (nSPS) is 30.6. The van der Waals surface area contributed by atoms with Gasteiger partial charge in [-0.15, -0.1) is 0 Å². The van der Waals surface area contributed by atoms with E-state index >= 15 is 0 Å². The smallest absolute Gasteiger partial charge is 0.235 e. The fraction of sp³-hybridized carbons (Fsp3) is 0.571. The zero-order valence-corrected chi connectivity index (χ0v) is 15.6. The fourth-order valence-electron chi connectivity index (χ4n) is 4.91. The molecule has 4 atom stereocenters. The number of fused-ring (bicyclic) bond motifs is 1. The van der Waals surface area contributed by atoms with Crippen LogP contribution in [0.25, 0.3) is 0 Å². The maximum atomic E-state index is 12.7. The van der Waals surface area contributed by atoms with Gasteiger partial charge in [-0.3, -0.25) is 14.5 Å². The van der Waals surface area contributed by atoms with Crippen LogP contribution >= 0.6 is 0 Å². The summed E-state index contributed by atoms with van der Waals surface area (Å²) in [6, 6.07) is 9.96. The van der Waals surface area contributed by atoms with E-state index in [1.54, 1.807) is 0 Å². The van der Waals surface area contributed by atoms with Crippen LogP contribution in [0, 0.1) is 24.2 Å². The molecule has 0 bridgehead atoms. The summed E-state index contributed by atoms with van der Waals surface area (Å²) >= 11 is 0. The summed E-state index contributed by atoms with van der Waals surface area (Å²) in [4.78, 5) is 29.0. The molecule has 1 aromatic rings. The third-order valence-corrected chi connectivity index (χ3v) is 6.24. The van der Waals surface area contributed by atoms with Crippen molar-refractivity contribution < 1.29 is 14.3 Å². The molecule has 3 heterocycles. The highest BCUT2D eigenvalue weighted by molar-refractivity contribution is 5.82. The topological polar surface area (TPSA) is 75.9 Å². The summed E-state index contributed by atoms with van der Waals surface area (Å²) in [7, 11) is 0. The molecule has 6 nitrogen and oxygen atoms in total. The Balaban J connectivity index is 1.34. The molecule has 2 amide bonds. The lowest BCUT2D eigenvalue weighted by Crippen LogP contribution is -2.47. The van der Waals surface area contributed by atoms with Gasteiger partial charge in [0.25, 0.3) is 0 Å². The van der Waals surface area contributed by atoms with E-state index in [0.29, 0.717) is 25.7 Å². The number of likely N-dealkylation sites (tertiary alicyclic amines) is 2. The number of primary amides is 1. The van der Waals surface area contributed by atoms with Crippen LogP contribution in [0.1, 0.15) is 18.4 Å². The molecule has 4 rings (SSSR count). The molecule has 145 valence electrons. The third-order valence-electron chi connectivity index (χ3n) is 6.24. The van der Waals surface area contributed by atoms with Crippen molar-refractivity contribution in [3.05, 3.63) is 42.3 Å². The number of carbonyl (C=O) groups excluding carboxylic acids is 2. The highest BCUT2D eigenvalue weighted by Crippen LogP contribution is 2.37. The van der Waals surface area contributed by atoms with Gasteiger partial charge in [0.05, 0.1) is 18.6 Å². The molecule has 0 aliphatic carbocycles. The van der Waals surface area contributed by atoms with E-state index in [1.807, 2.05) is 23.1 Å². The van der Waals surface area contributed by atoms with Crippen molar-refractivity contribution in [2.75, 3.05) is 39.4 Å². The Morgan fingerprint density at radius 3 is 2.70 bits per heavy atom. The van der Waals surface area contributed by atoms with Crippen LogP contribution in [0.4, 0.5) is 0 Å². The van der Waals surface area contributed by atoms with Crippen molar-refractivity contribution >= 4 is 11.8 Å². The summed E-state index contributed by atoms with van der Waals surface area (Å²) in [5.41, 5.74) is 6.95. The van der Waals surface area contributed by atoms with Crippen molar-refractivity contribution in [3.63, 3.8) is 0 Å². The zero-order valence-electron chi connectivity index (χ0n) is 15.6. The summed E-state index contributed by atoms with van der Waals surface area (Å²) in [6.45, 7) is 4.25. The lowest BCUT2D eigenvalue weighted by molar-refractivity contribution is -0.135. The Kier molecular flexibility index (Phi) is 5.45. The van der Waals surface area contributed by atoms with Crippen LogP contribution in [-0.2, 0) is 14.3 Å². The van der Waals surface area contributed by atoms with Gasteiger partial charge in [-0.2, -0.15) is 0 Å². The average molecular weight is 370 g/mol. The Labute approximate surface area is 160 Å². The number of ether oxygens (including phenoxy) is 1. The first-order valence-corrected chi connectivity index (χ1v) is 9.91. The number of benzene rings is 1. The molecule has 0 saturated carbocycles. The molecule has 2 N–H and O–H groups in total. The van der Waals surface area contributed by atoms with Gasteiger partial charge in [0.2, 0.25) is 11.8 Å². The van der Waals surface area contributed by atoms with Crippen molar-refractivity contribution in [2.24, 2.45) is 23.5 Å². The summed E-state index contributed by atoms with van der Waals surface area (Å²) in [6.07, 6.45) is 3.89. The van der Waals surface area contributed by atoms with Gasteiger partial charge in [-0.25, -0.2) is 0 Å². The van der Waals surface area contributed by atoms with Gasteiger partial charge in [0.15, 0.2) is 0 Å². The van der Waals surface area contributed by atoms with Crippen LogP contribution in [0.3, 0.4) is 0 Å². The van der Waals surface area contributed by atoms with Crippen molar-refractivity contribution in [2.45, 2.75) is 18.9 Å². The maximum Gasteiger partial charge on any atom is 0.235 e. The molecule has 3 saturated heterocycles. The lowest BCUT2D eigenvalue weighted by Gasteiger charge is -2.28. The monoisotopic (exact) mass is 370 g/mol. The summed E-state index contributed by atoms with van der Waals surface area (Å²) < 4.78 is 5.36. The molecule has 0 spiro atoms. The molecular formula is C21H28N3O3. The van der Waals surface area contributed by atoms with E-state index in [2.05, 4.69) is 23.5 Å².